The van der Waals surface area contributed by atoms with E-state index in [4.69, 9.17) is 0 Å². The molecule has 0 atom stereocenters. The van der Waals surface area contributed by atoms with Gasteiger partial charge in [0.15, 0.2) is 21.8 Å². The lowest BCUT2D eigenvalue weighted by molar-refractivity contribution is -0.113. The molecule has 0 saturated heterocycles. The molecule has 0 aliphatic rings. The zero-order valence-corrected chi connectivity index (χ0v) is 14.6. The highest BCUT2D eigenvalue weighted by Gasteiger charge is 2.16. The summed E-state index contributed by atoms with van der Waals surface area (Å²) in [6.45, 7) is 0. The molecule has 10 heteroatoms. The fourth-order valence-electron chi connectivity index (χ4n) is 1.90. The van der Waals surface area contributed by atoms with Crippen LogP contribution in [0.25, 0.3) is 0 Å². The Kier molecular flexibility index (Phi) is 5.74. The third-order valence-corrected chi connectivity index (χ3v) is 5.04. The molecule has 3 rings (SSSR count). The number of aromatic nitrogens is 2. The van der Waals surface area contributed by atoms with Gasteiger partial charge in [0.25, 0.3) is 0 Å². The van der Waals surface area contributed by atoms with Crippen molar-refractivity contribution in [2.24, 2.45) is 0 Å². The number of para-hydroxylation sites is 1. The topological polar surface area (TPSA) is 66.9 Å². The second-order valence-electron chi connectivity index (χ2n) is 4.92. The van der Waals surface area contributed by atoms with Crippen LogP contribution in [0, 0.1) is 17.5 Å². The minimum atomic E-state index is -1.63. The number of halogens is 3. The van der Waals surface area contributed by atoms with E-state index in [1.807, 2.05) is 30.3 Å². The van der Waals surface area contributed by atoms with E-state index in [-0.39, 0.29) is 5.75 Å². The Labute approximate surface area is 154 Å². The van der Waals surface area contributed by atoms with Crippen molar-refractivity contribution in [1.29, 1.82) is 0 Å². The molecule has 26 heavy (non-hydrogen) atoms. The Morgan fingerprint density at radius 2 is 1.81 bits per heavy atom. The van der Waals surface area contributed by atoms with Crippen LogP contribution in [0.1, 0.15) is 0 Å². The van der Waals surface area contributed by atoms with Gasteiger partial charge >= 0.3 is 0 Å². The van der Waals surface area contributed by atoms with Crippen LogP contribution in [0.5, 0.6) is 0 Å². The monoisotopic (exact) mass is 396 g/mol. The molecule has 1 heterocycles. The summed E-state index contributed by atoms with van der Waals surface area (Å²) in [6, 6.07) is 11.1. The number of hydrogen-bond donors (Lipinski definition) is 2. The Morgan fingerprint density at radius 3 is 2.58 bits per heavy atom. The van der Waals surface area contributed by atoms with Gasteiger partial charge in [-0.3, -0.25) is 4.79 Å². The van der Waals surface area contributed by atoms with E-state index in [2.05, 4.69) is 20.8 Å². The molecule has 5 nitrogen and oxygen atoms in total. The highest BCUT2D eigenvalue weighted by Crippen LogP contribution is 2.28. The van der Waals surface area contributed by atoms with Crippen LogP contribution >= 0.6 is 23.1 Å². The summed E-state index contributed by atoms with van der Waals surface area (Å²) in [4.78, 5) is 11.9. The van der Waals surface area contributed by atoms with E-state index in [1.165, 1.54) is 11.3 Å². The molecule has 134 valence electrons. The van der Waals surface area contributed by atoms with E-state index in [0.29, 0.717) is 9.47 Å². The van der Waals surface area contributed by atoms with Crippen molar-refractivity contribution >= 4 is 45.5 Å². The van der Waals surface area contributed by atoms with Crippen LogP contribution in [-0.2, 0) is 4.79 Å². The summed E-state index contributed by atoms with van der Waals surface area (Å²) < 4.78 is 40.1. The number of thioether (sulfide) groups is 1. The van der Waals surface area contributed by atoms with Gasteiger partial charge < -0.3 is 10.6 Å². The van der Waals surface area contributed by atoms with Crippen molar-refractivity contribution < 1.29 is 18.0 Å². The largest absolute Gasteiger partial charge is 0.330 e. The summed E-state index contributed by atoms with van der Waals surface area (Å²) in [5, 5.41) is 13.7. The lowest BCUT2D eigenvalue weighted by atomic mass is 10.3. The van der Waals surface area contributed by atoms with Crippen LogP contribution in [0.2, 0.25) is 0 Å². The first kappa shape index (κ1) is 18.2. The number of nitrogens with one attached hydrogen (secondary N) is 2. The number of carbonyl (C=O) groups excluding carboxylic acids is 1. The van der Waals surface area contributed by atoms with Gasteiger partial charge in [0, 0.05) is 5.69 Å². The van der Waals surface area contributed by atoms with Gasteiger partial charge in [0.1, 0.15) is 0 Å². The van der Waals surface area contributed by atoms with Crippen molar-refractivity contribution in [1.82, 2.24) is 10.2 Å². The van der Waals surface area contributed by atoms with Gasteiger partial charge in [-0.15, -0.1) is 10.2 Å². The van der Waals surface area contributed by atoms with Crippen molar-refractivity contribution in [3.63, 3.8) is 0 Å². The van der Waals surface area contributed by atoms with Gasteiger partial charge in [-0.1, -0.05) is 41.3 Å². The summed E-state index contributed by atoms with van der Waals surface area (Å²) in [5.74, 6) is -5.04. The summed E-state index contributed by atoms with van der Waals surface area (Å²) in [7, 11) is 0. The highest BCUT2D eigenvalue weighted by molar-refractivity contribution is 8.01. The average Bonchev–Trinajstić information content (AvgIpc) is 3.09. The first-order valence-corrected chi connectivity index (χ1v) is 9.05. The van der Waals surface area contributed by atoms with E-state index < -0.39 is 29.0 Å². The Hall–Kier alpha value is -2.59. The number of benzene rings is 2. The molecule has 2 aromatic carbocycles. The number of hydrogen-bond acceptors (Lipinski definition) is 6. The zero-order valence-electron chi connectivity index (χ0n) is 13.0. The summed E-state index contributed by atoms with van der Waals surface area (Å²) in [6.07, 6.45) is 0. The number of carbonyl (C=O) groups is 1. The molecular formula is C16H11F3N4OS2. The van der Waals surface area contributed by atoms with E-state index in [0.717, 1.165) is 29.6 Å². The molecule has 1 amide bonds. The Balaban J connectivity index is 1.54. The van der Waals surface area contributed by atoms with Gasteiger partial charge in [0.05, 0.1) is 11.4 Å². The smallest absolute Gasteiger partial charge is 0.234 e. The van der Waals surface area contributed by atoms with Crippen molar-refractivity contribution in [2.75, 3.05) is 16.4 Å². The van der Waals surface area contributed by atoms with Gasteiger partial charge in [-0.25, -0.2) is 13.2 Å². The number of nitrogens with zero attached hydrogens (tertiary/aromatic N) is 2. The maximum atomic E-state index is 13.5. The van der Waals surface area contributed by atoms with Crippen molar-refractivity contribution in [3.8, 4) is 0 Å². The number of amides is 1. The minimum Gasteiger partial charge on any atom is -0.330 e. The molecule has 1 aromatic heterocycles. The maximum absolute atomic E-state index is 13.5. The van der Waals surface area contributed by atoms with Gasteiger partial charge in [-0.05, 0) is 24.3 Å². The van der Waals surface area contributed by atoms with Crippen LogP contribution in [0.3, 0.4) is 0 Å². The normalized spacial score (nSPS) is 10.6. The molecule has 0 spiro atoms. The third kappa shape index (κ3) is 4.52. The van der Waals surface area contributed by atoms with E-state index >= 15 is 0 Å². The first-order chi connectivity index (χ1) is 12.5. The SMILES string of the molecule is O=C(CSc1nnc(Nc2ccccc2)s1)Nc1ccc(F)c(F)c1F. The second-order valence-corrected chi connectivity index (χ2v) is 7.12. The first-order valence-electron chi connectivity index (χ1n) is 7.24. The predicted molar refractivity (Wildman–Crippen MR) is 95.3 cm³/mol. The van der Waals surface area contributed by atoms with Gasteiger partial charge in [-0.2, -0.15) is 0 Å². The molecular weight excluding hydrogens is 385 g/mol. The fraction of sp³-hybridized carbons (Fsp3) is 0.0625. The second kappa shape index (κ2) is 8.19. The van der Waals surface area contributed by atoms with Crippen molar-refractivity contribution in [3.05, 3.63) is 59.9 Å². The quantitative estimate of drug-likeness (QED) is 0.477. The molecule has 0 fully saturated rings. The van der Waals surface area contributed by atoms with Crippen LogP contribution in [0.15, 0.2) is 46.8 Å². The molecule has 0 radical (unpaired) electrons. The molecule has 0 aliphatic heterocycles. The average molecular weight is 396 g/mol. The maximum Gasteiger partial charge on any atom is 0.234 e. The molecule has 0 bridgehead atoms. The van der Waals surface area contributed by atoms with Crippen LogP contribution < -0.4 is 10.6 Å². The van der Waals surface area contributed by atoms with Crippen LogP contribution in [0.4, 0.5) is 29.7 Å². The lowest BCUT2D eigenvalue weighted by Gasteiger charge is -2.06. The summed E-state index contributed by atoms with van der Waals surface area (Å²) >= 11 is 2.34. The fourth-order valence-corrected chi connectivity index (χ4v) is 3.47. The number of anilines is 3. The Bertz CT molecular complexity index is 921. The summed E-state index contributed by atoms with van der Waals surface area (Å²) in [5.41, 5.74) is 0.435. The van der Waals surface area contributed by atoms with Crippen molar-refractivity contribution in [2.45, 2.75) is 4.34 Å². The standard InChI is InChI=1S/C16H11F3N4OS2/c17-10-6-7-11(14(19)13(10)18)21-12(24)8-25-16-23-22-15(26-16)20-9-4-2-1-3-5-9/h1-7H,8H2,(H,20,22)(H,21,24). The zero-order chi connectivity index (χ0) is 18.5. The third-order valence-electron chi connectivity index (χ3n) is 3.07. The van der Waals surface area contributed by atoms with Gasteiger partial charge in [0.2, 0.25) is 11.0 Å². The minimum absolute atomic E-state index is 0.0849. The molecule has 0 saturated carbocycles. The highest BCUT2D eigenvalue weighted by atomic mass is 32.2. The number of rotatable bonds is 6. The molecule has 0 unspecified atom stereocenters. The molecule has 3 aromatic rings. The molecule has 0 aliphatic carbocycles. The lowest BCUT2D eigenvalue weighted by Crippen LogP contribution is -2.15. The predicted octanol–water partition coefficient (Wildman–Crippen LogP) is 4.43. The van der Waals surface area contributed by atoms with E-state index in [9.17, 15) is 18.0 Å². The molecule has 2 N–H and O–H groups in total. The Morgan fingerprint density at radius 1 is 1.04 bits per heavy atom. The van der Waals surface area contributed by atoms with Crippen LogP contribution in [-0.4, -0.2) is 21.9 Å². The van der Waals surface area contributed by atoms with E-state index in [1.54, 1.807) is 0 Å².